The van der Waals surface area contributed by atoms with Gasteiger partial charge in [-0.3, -0.25) is 0 Å². The molecule has 0 aliphatic rings. The monoisotopic (exact) mass is 243 g/mol. The van der Waals surface area contributed by atoms with Crippen LogP contribution in [0.3, 0.4) is 0 Å². The van der Waals surface area contributed by atoms with Crippen molar-refractivity contribution < 1.29 is 27.4 Å². The van der Waals surface area contributed by atoms with Crippen molar-refractivity contribution in [1.29, 1.82) is 0 Å². The van der Waals surface area contributed by atoms with Crippen molar-refractivity contribution in [2.75, 3.05) is 0 Å². The van der Waals surface area contributed by atoms with Crippen LogP contribution in [0.2, 0.25) is 0 Å². The van der Waals surface area contributed by atoms with Gasteiger partial charge in [-0.05, 0) is 0 Å². The van der Waals surface area contributed by atoms with Gasteiger partial charge in [-0.2, -0.15) is 0 Å². The Hall–Kier alpha value is 0.0883. The van der Waals surface area contributed by atoms with Crippen LogP contribution in [0.4, 0.5) is 0 Å². The SMILES string of the molecule is [O]=[Pt](=[O])=[O]. The van der Waals surface area contributed by atoms with Crippen LogP contribution >= 0.6 is 0 Å². The molecule has 0 unspecified atom stereocenters. The molecule has 0 aromatic rings. The predicted octanol–water partition coefficient (Wildman–Crippen LogP) is -0.359. The standard InChI is InChI=1S/3O.Pt. The average Bonchev–Trinajstić information content (AvgIpc) is 0.811. The van der Waals surface area contributed by atoms with Crippen molar-refractivity contribution in [2.24, 2.45) is 0 Å². The zero-order valence-electron chi connectivity index (χ0n) is 1.54. The Morgan fingerprint density at radius 3 is 1.00 bits per heavy atom. The van der Waals surface area contributed by atoms with E-state index in [-0.39, 0.29) is 0 Å². The third kappa shape index (κ3) is 317. The van der Waals surface area contributed by atoms with Gasteiger partial charge in [0, 0.05) is 0 Å². The van der Waals surface area contributed by atoms with Gasteiger partial charge in [0.05, 0.1) is 0 Å². The zero-order valence-corrected chi connectivity index (χ0v) is 3.81. The van der Waals surface area contributed by atoms with Crippen molar-refractivity contribution in [3.8, 4) is 0 Å². The minimum absolute atomic E-state index is 4.02. The second-order valence-electron chi connectivity index (χ2n) is 0.158. The topological polar surface area (TPSA) is 51.2 Å². The van der Waals surface area contributed by atoms with E-state index >= 15 is 0 Å². The first-order chi connectivity index (χ1) is 1.73. The van der Waals surface area contributed by atoms with Crippen molar-refractivity contribution in [2.45, 2.75) is 0 Å². The summed E-state index contributed by atoms with van der Waals surface area (Å²) in [6.07, 6.45) is 0. The van der Waals surface area contributed by atoms with E-state index in [1.54, 1.807) is 0 Å². The Morgan fingerprint density at radius 1 is 1.00 bits per heavy atom. The molecule has 0 spiro atoms. The number of rotatable bonds is 0. The summed E-state index contributed by atoms with van der Waals surface area (Å²) in [6.45, 7) is 0. The fourth-order valence-electron chi connectivity index (χ4n) is 0. The normalized spacial score (nSPS) is 10.5. The Kier molecular flexibility index (Phi) is 1.44. The molecule has 0 heterocycles. The van der Waals surface area contributed by atoms with Crippen molar-refractivity contribution in [3.63, 3.8) is 0 Å². The van der Waals surface area contributed by atoms with E-state index in [0.29, 0.717) is 0 Å². The van der Waals surface area contributed by atoms with Gasteiger partial charge in [0.25, 0.3) is 0 Å². The van der Waals surface area contributed by atoms with Gasteiger partial charge < -0.3 is 0 Å². The van der Waals surface area contributed by atoms with Crippen LogP contribution in [0.15, 0.2) is 0 Å². The van der Waals surface area contributed by atoms with E-state index in [4.69, 9.17) is 10.2 Å². The molecular weight excluding hydrogens is 243 g/mol. The molecule has 0 amide bonds. The summed E-state index contributed by atoms with van der Waals surface area (Å²) >= 11 is -4.02. The third-order valence-electron chi connectivity index (χ3n) is 0. The van der Waals surface area contributed by atoms with Crippen LogP contribution in [0.5, 0.6) is 0 Å². The maximum absolute atomic E-state index is 8.57. The molecule has 0 aliphatic carbocycles. The Labute approximate surface area is 28.1 Å². The molecule has 0 aromatic heterocycles. The van der Waals surface area contributed by atoms with Gasteiger partial charge in [0.1, 0.15) is 0 Å². The fraction of sp³-hybridized carbons (Fsp3) is 0. The van der Waals surface area contributed by atoms with Crippen molar-refractivity contribution in [3.05, 3.63) is 0 Å². The van der Waals surface area contributed by atoms with Crippen molar-refractivity contribution in [1.82, 2.24) is 0 Å². The Morgan fingerprint density at radius 2 is 1.00 bits per heavy atom. The molecule has 3 nitrogen and oxygen atoms in total. The number of hydrogen-bond acceptors (Lipinski definition) is 3. The van der Waals surface area contributed by atoms with Gasteiger partial charge in [0.15, 0.2) is 0 Å². The van der Waals surface area contributed by atoms with E-state index in [1.165, 1.54) is 0 Å². The molecule has 0 saturated carbocycles. The molecule has 0 atom stereocenters. The molecule has 28 valence electrons. The number of hydrogen-bond donors (Lipinski definition) is 0. The summed E-state index contributed by atoms with van der Waals surface area (Å²) in [6, 6.07) is 0. The first kappa shape index (κ1) is 4.09. The van der Waals surface area contributed by atoms with E-state index in [1.807, 2.05) is 0 Å². The van der Waals surface area contributed by atoms with Crippen LogP contribution < -0.4 is 0 Å². The van der Waals surface area contributed by atoms with Gasteiger partial charge in [0.2, 0.25) is 0 Å². The summed E-state index contributed by atoms with van der Waals surface area (Å²) in [4.78, 5) is 0. The molecule has 4 heavy (non-hydrogen) atoms. The maximum atomic E-state index is 8.57. The van der Waals surface area contributed by atoms with Crippen LogP contribution in [0.25, 0.3) is 0 Å². The molecule has 4 heteroatoms. The summed E-state index contributed by atoms with van der Waals surface area (Å²) in [7, 11) is 0. The fourth-order valence-corrected chi connectivity index (χ4v) is 0. The van der Waals surface area contributed by atoms with E-state index in [0.717, 1.165) is 0 Å². The summed E-state index contributed by atoms with van der Waals surface area (Å²) in [5.41, 5.74) is 0. The summed E-state index contributed by atoms with van der Waals surface area (Å²) in [5.74, 6) is 0. The summed E-state index contributed by atoms with van der Waals surface area (Å²) < 4.78 is 25.7. The first-order valence-corrected chi connectivity index (χ1v) is 3.17. The molecule has 0 fully saturated rings. The molecule has 0 rings (SSSR count). The second-order valence-corrected chi connectivity index (χ2v) is 1.29. The molecule has 0 bridgehead atoms. The first-order valence-electron chi connectivity index (χ1n) is 0.387. The minimum atomic E-state index is -4.02. The Bertz CT molecular complexity index is 72.7. The van der Waals surface area contributed by atoms with Crippen LogP contribution in [-0.4, -0.2) is 0 Å². The van der Waals surface area contributed by atoms with E-state index in [2.05, 4.69) is 0 Å². The molecule has 0 saturated heterocycles. The predicted molar refractivity (Wildman–Crippen MR) is 2.06 cm³/mol. The van der Waals surface area contributed by atoms with E-state index < -0.39 is 17.2 Å². The van der Waals surface area contributed by atoms with Crippen molar-refractivity contribution >= 4 is 0 Å². The average molecular weight is 243 g/mol. The molecule has 0 N–H and O–H groups in total. The third-order valence-corrected chi connectivity index (χ3v) is 0. The Balaban J connectivity index is 4.65. The molecular formula is O3Pt. The molecule has 0 radical (unpaired) electrons. The van der Waals surface area contributed by atoms with Gasteiger partial charge in [-0.15, -0.1) is 0 Å². The van der Waals surface area contributed by atoms with Crippen LogP contribution in [-0.2, 0) is 27.4 Å². The van der Waals surface area contributed by atoms with Gasteiger partial charge >= 0.3 is 27.4 Å². The van der Waals surface area contributed by atoms with Crippen LogP contribution in [0, 0.1) is 0 Å². The molecule has 0 aromatic carbocycles. The second kappa shape index (κ2) is 1.41. The van der Waals surface area contributed by atoms with Gasteiger partial charge in [-0.1, -0.05) is 0 Å². The molecule has 0 aliphatic heterocycles. The summed E-state index contributed by atoms with van der Waals surface area (Å²) in [5, 5.41) is 0. The zero-order chi connectivity index (χ0) is 3.58. The quantitative estimate of drug-likeness (QED) is 0.583. The van der Waals surface area contributed by atoms with E-state index in [9.17, 15) is 0 Å². The van der Waals surface area contributed by atoms with Gasteiger partial charge in [-0.25, -0.2) is 0 Å². The van der Waals surface area contributed by atoms with Crippen LogP contribution in [0.1, 0.15) is 0 Å².